The molecule has 0 amide bonds. The second-order valence-corrected chi connectivity index (χ2v) is 7.85. The zero-order chi connectivity index (χ0) is 14.0. The lowest BCUT2D eigenvalue weighted by molar-refractivity contribution is 0.266. The summed E-state index contributed by atoms with van der Waals surface area (Å²) in [6, 6.07) is 4.96. The summed E-state index contributed by atoms with van der Waals surface area (Å²) in [6.45, 7) is -0.298. The highest BCUT2D eigenvalue weighted by Crippen LogP contribution is 2.17. The molecular weight excluding hydrogens is 278 g/mol. The van der Waals surface area contributed by atoms with Gasteiger partial charge < -0.3 is 5.11 Å². The van der Waals surface area contributed by atoms with Gasteiger partial charge in [-0.3, -0.25) is 0 Å². The SMILES string of the molecule is CN(CCO)S(=O)(=O)c1ccc(S(C)(=O)=O)cc1. The van der Waals surface area contributed by atoms with Gasteiger partial charge in [-0.15, -0.1) is 0 Å². The van der Waals surface area contributed by atoms with Crippen molar-refractivity contribution in [1.82, 2.24) is 4.31 Å². The van der Waals surface area contributed by atoms with Crippen LogP contribution in [-0.4, -0.2) is 52.7 Å². The van der Waals surface area contributed by atoms with Crippen LogP contribution < -0.4 is 0 Å². The largest absolute Gasteiger partial charge is 0.395 e. The molecule has 1 aromatic carbocycles. The monoisotopic (exact) mass is 293 g/mol. The highest BCUT2D eigenvalue weighted by Gasteiger charge is 2.20. The first-order valence-corrected chi connectivity index (χ1v) is 8.40. The average Bonchev–Trinajstić information content (AvgIpc) is 2.28. The molecule has 8 heteroatoms. The standard InChI is InChI=1S/C10H15NO5S2/c1-11(7-8-12)18(15,16)10-5-3-9(4-6-10)17(2,13)14/h3-6,12H,7-8H2,1-2H3. The molecule has 0 aliphatic heterocycles. The lowest BCUT2D eigenvalue weighted by Gasteiger charge is -2.15. The molecule has 0 unspecified atom stereocenters. The van der Waals surface area contributed by atoms with E-state index in [0.717, 1.165) is 10.6 Å². The van der Waals surface area contributed by atoms with E-state index in [1.807, 2.05) is 0 Å². The first kappa shape index (κ1) is 15.1. The number of sulfonamides is 1. The maximum absolute atomic E-state index is 11.9. The zero-order valence-corrected chi connectivity index (χ0v) is 11.7. The number of aliphatic hydroxyl groups excluding tert-OH is 1. The molecule has 0 atom stereocenters. The van der Waals surface area contributed by atoms with Crippen LogP contribution in [0.2, 0.25) is 0 Å². The molecule has 0 saturated carbocycles. The van der Waals surface area contributed by atoms with Crippen LogP contribution in [0, 0.1) is 0 Å². The van der Waals surface area contributed by atoms with Crippen molar-refractivity contribution in [2.45, 2.75) is 9.79 Å². The lowest BCUT2D eigenvalue weighted by atomic mass is 10.4. The van der Waals surface area contributed by atoms with E-state index >= 15 is 0 Å². The molecule has 1 rings (SSSR count). The van der Waals surface area contributed by atoms with E-state index in [0.29, 0.717) is 0 Å². The van der Waals surface area contributed by atoms with Crippen LogP contribution in [0.3, 0.4) is 0 Å². The van der Waals surface area contributed by atoms with E-state index in [1.165, 1.54) is 31.3 Å². The summed E-state index contributed by atoms with van der Waals surface area (Å²) < 4.78 is 47.4. The number of likely N-dealkylation sites (N-methyl/N-ethyl adjacent to an activating group) is 1. The first-order chi connectivity index (χ1) is 8.19. The third-order valence-electron chi connectivity index (χ3n) is 2.37. The van der Waals surface area contributed by atoms with Crippen LogP contribution in [0.25, 0.3) is 0 Å². The number of benzene rings is 1. The van der Waals surface area contributed by atoms with Gasteiger partial charge in [0.05, 0.1) is 16.4 Å². The molecule has 0 saturated heterocycles. The van der Waals surface area contributed by atoms with Crippen LogP contribution in [0.1, 0.15) is 0 Å². The van der Waals surface area contributed by atoms with Gasteiger partial charge in [0.2, 0.25) is 10.0 Å². The quantitative estimate of drug-likeness (QED) is 0.805. The van der Waals surface area contributed by atoms with Gasteiger partial charge in [0.15, 0.2) is 9.84 Å². The second kappa shape index (κ2) is 5.35. The molecule has 0 aliphatic carbocycles. The molecule has 1 N–H and O–H groups in total. The van der Waals surface area contributed by atoms with Gasteiger partial charge in [-0.05, 0) is 24.3 Å². The van der Waals surface area contributed by atoms with E-state index in [1.54, 1.807) is 0 Å². The van der Waals surface area contributed by atoms with Crippen molar-refractivity contribution >= 4 is 19.9 Å². The van der Waals surface area contributed by atoms with Crippen molar-refractivity contribution < 1.29 is 21.9 Å². The van der Waals surface area contributed by atoms with Gasteiger partial charge in [-0.25, -0.2) is 16.8 Å². The fourth-order valence-electron chi connectivity index (χ4n) is 1.30. The Balaban J connectivity index is 3.13. The van der Waals surface area contributed by atoms with Crippen LogP contribution >= 0.6 is 0 Å². The number of aliphatic hydroxyl groups is 1. The fraction of sp³-hybridized carbons (Fsp3) is 0.400. The second-order valence-electron chi connectivity index (χ2n) is 3.79. The predicted octanol–water partition coefficient (Wildman–Crippen LogP) is -0.297. The molecule has 0 fully saturated rings. The van der Waals surface area contributed by atoms with Crippen molar-refractivity contribution in [2.24, 2.45) is 0 Å². The Morgan fingerprint density at radius 3 is 1.89 bits per heavy atom. The zero-order valence-electron chi connectivity index (χ0n) is 10.1. The van der Waals surface area contributed by atoms with E-state index in [4.69, 9.17) is 5.11 Å². The van der Waals surface area contributed by atoms with Crippen molar-refractivity contribution in [3.05, 3.63) is 24.3 Å². The molecular formula is C10H15NO5S2. The molecule has 0 heterocycles. The molecule has 6 nitrogen and oxygen atoms in total. The van der Waals surface area contributed by atoms with Crippen molar-refractivity contribution in [3.8, 4) is 0 Å². The number of hydrogen-bond acceptors (Lipinski definition) is 5. The fourth-order valence-corrected chi connectivity index (χ4v) is 3.09. The summed E-state index contributed by atoms with van der Waals surface area (Å²) in [5, 5.41) is 8.71. The first-order valence-electron chi connectivity index (χ1n) is 5.07. The van der Waals surface area contributed by atoms with Gasteiger partial charge >= 0.3 is 0 Å². The molecule has 0 radical (unpaired) electrons. The third-order valence-corrected chi connectivity index (χ3v) is 5.37. The van der Waals surface area contributed by atoms with Crippen LogP contribution in [-0.2, 0) is 19.9 Å². The molecule has 0 aliphatic rings. The number of nitrogens with zero attached hydrogens (tertiary/aromatic N) is 1. The maximum atomic E-state index is 11.9. The molecule has 0 aromatic heterocycles. The van der Waals surface area contributed by atoms with Crippen LogP contribution in [0.15, 0.2) is 34.1 Å². The number of hydrogen-bond donors (Lipinski definition) is 1. The highest BCUT2D eigenvalue weighted by molar-refractivity contribution is 7.90. The minimum absolute atomic E-state index is 0.00847. The number of rotatable bonds is 5. The topological polar surface area (TPSA) is 91.8 Å². The smallest absolute Gasteiger partial charge is 0.242 e. The summed E-state index contributed by atoms with van der Waals surface area (Å²) in [7, 11) is -5.69. The number of sulfone groups is 1. The third kappa shape index (κ3) is 3.29. The van der Waals surface area contributed by atoms with Gasteiger partial charge in [-0.2, -0.15) is 4.31 Å². The van der Waals surface area contributed by atoms with Crippen molar-refractivity contribution in [3.63, 3.8) is 0 Å². The Hall–Kier alpha value is -0.960. The minimum Gasteiger partial charge on any atom is -0.395 e. The molecule has 0 spiro atoms. The van der Waals surface area contributed by atoms with E-state index < -0.39 is 19.9 Å². The van der Waals surface area contributed by atoms with E-state index in [-0.39, 0.29) is 22.9 Å². The van der Waals surface area contributed by atoms with Gasteiger partial charge in [0.25, 0.3) is 0 Å². The van der Waals surface area contributed by atoms with Gasteiger partial charge in [0, 0.05) is 19.8 Å². The normalized spacial score (nSPS) is 12.9. The molecule has 0 bridgehead atoms. The average molecular weight is 293 g/mol. The predicted molar refractivity (Wildman–Crippen MR) is 66.5 cm³/mol. The Morgan fingerprint density at radius 1 is 1.06 bits per heavy atom. The Kier molecular flexibility index (Phi) is 4.49. The Morgan fingerprint density at radius 2 is 1.50 bits per heavy atom. The Labute approximate surface area is 107 Å². The van der Waals surface area contributed by atoms with Crippen molar-refractivity contribution in [1.29, 1.82) is 0 Å². The molecule has 18 heavy (non-hydrogen) atoms. The minimum atomic E-state index is -3.68. The van der Waals surface area contributed by atoms with E-state index in [2.05, 4.69) is 0 Å². The Bertz CT molecular complexity index is 604. The van der Waals surface area contributed by atoms with Crippen LogP contribution in [0.4, 0.5) is 0 Å². The summed E-state index contributed by atoms with van der Waals surface area (Å²) in [6.07, 6.45) is 1.05. The maximum Gasteiger partial charge on any atom is 0.242 e. The van der Waals surface area contributed by atoms with Crippen molar-refractivity contribution in [2.75, 3.05) is 26.5 Å². The lowest BCUT2D eigenvalue weighted by Crippen LogP contribution is -2.29. The summed E-state index contributed by atoms with van der Waals surface area (Å²) in [5.74, 6) is 0. The molecule has 102 valence electrons. The highest BCUT2D eigenvalue weighted by atomic mass is 32.2. The summed E-state index contributed by atoms with van der Waals surface area (Å²) in [5.41, 5.74) is 0. The summed E-state index contributed by atoms with van der Waals surface area (Å²) >= 11 is 0. The summed E-state index contributed by atoms with van der Waals surface area (Å²) in [4.78, 5) is 0.0529. The molecule has 1 aromatic rings. The van der Waals surface area contributed by atoms with E-state index in [9.17, 15) is 16.8 Å². The van der Waals surface area contributed by atoms with Gasteiger partial charge in [0.1, 0.15) is 0 Å². The van der Waals surface area contributed by atoms with Crippen LogP contribution in [0.5, 0.6) is 0 Å². The van der Waals surface area contributed by atoms with Gasteiger partial charge in [-0.1, -0.05) is 0 Å².